The Hall–Kier alpha value is -4.45. The number of hydrogen-bond acceptors (Lipinski definition) is 4. The lowest BCUT2D eigenvalue weighted by molar-refractivity contribution is -0.211. The highest BCUT2D eigenvalue weighted by Gasteiger charge is 2.20. The number of amides is 1. The van der Waals surface area contributed by atoms with Gasteiger partial charge in [-0.05, 0) is 60.2 Å². The molecule has 0 radical (unpaired) electrons. The van der Waals surface area contributed by atoms with E-state index in [9.17, 15) is 14.0 Å². The van der Waals surface area contributed by atoms with Crippen molar-refractivity contribution in [3.63, 3.8) is 0 Å². The van der Waals surface area contributed by atoms with E-state index in [0.717, 1.165) is 12.0 Å². The van der Waals surface area contributed by atoms with E-state index in [2.05, 4.69) is 29.2 Å². The Kier molecular flexibility index (Phi) is 9.84. The number of rotatable bonds is 12. The molecule has 0 saturated heterocycles. The average Bonchev–Trinajstić information content (AvgIpc) is 2.97. The summed E-state index contributed by atoms with van der Waals surface area (Å²) >= 11 is 0. The van der Waals surface area contributed by atoms with Crippen molar-refractivity contribution in [2.75, 3.05) is 13.1 Å². The summed E-state index contributed by atoms with van der Waals surface area (Å²) in [5.74, 6) is -1.30. The molecule has 0 aliphatic heterocycles. The summed E-state index contributed by atoms with van der Waals surface area (Å²) in [5, 5.41) is 0. The summed E-state index contributed by atoms with van der Waals surface area (Å²) in [6.45, 7) is 2.29. The van der Waals surface area contributed by atoms with Gasteiger partial charge < -0.3 is 4.90 Å². The molecule has 0 saturated carbocycles. The molecule has 0 aliphatic rings. The zero-order valence-corrected chi connectivity index (χ0v) is 22.0. The molecular formula is C33H32FNO4. The van der Waals surface area contributed by atoms with E-state index in [1.165, 1.54) is 30.2 Å². The number of carbonyl (C=O) groups is 2. The van der Waals surface area contributed by atoms with Crippen LogP contribution in [0.15, 0.2) is 109 Å². The summed E-state index contributed by atoms with van der Waals surface area (Å²) in [6.07, 6.45) is 2.03. The minimum atomic E-state index is -0.667. The van der Waals surface area contributed by atoms with Crippen LogP contribution in [0.25, 0.3) is 0 Å². The molecule has 0 unspecified atom stereocenters. The molecule has 5 nitrogen and oxygen atoms in total. The summed E-state index contributed by atoms with van der Waals surface area (Å²) in [6, 6.07) is 34.5. The fourth-order valence-corrected chi connectivity index (χ4v) is 4.60. The van der Waals surface area contributed by atoms with Crippen LogP contribution >= 0.6 is 0 Å². The molecule has 0 bridgehead atoms. The number of aryl methyl sites for hydroxylation is 1. The maximum atomic E-state index is 14.1. The van der Waals surface area contributed by atoms with E-state index in [1.807, 2.05) is 71.6 Å². The Balaban J connectivity index is 1.48. The molecule has 200 valence electrons. The van der Waals surface area contributed by atoms with Crippen LogP contribution in [0.3, 0.4) is 0 Å². The molecule has 1 amide bonds. The van der Waals surface area contributed by atoms with Gasteiger partial charge in [-0.3, -0.25) is 14.6 Å². The predicted octanol–water partition coefficient (Wildman–Crippen LogP) is 6.98. The van der Waals surface area contributed by atoms with Crippen molar-refractivity contribution in [3.05, 3.63) is 137 Å². The maximum Gasteiger partial charge on any atom is 0.352 e. The van der Waals surface area contributed by atoms with Crippen molar-refractivity contribution in [2.24, 2.45) is 0 Å². The van der Waals surface area contributed by atoms with E-state index in [1.54, 1.807) is 6.07 Å². The maximum absolute atomic E-state index is 14.1. The summed E-state index contributed by atoms with van der Waals surface area (Å²) in [5.41, 5.74) is 3.88. The zero-order valence-electron chi connectivity index (χ0n) is 22.0. The summed E-state index contributed by atoms with van der Waals surface area (Å²) < 4.78 is 14.1. The standard InChI is InChI=1S/C33H32FNO4/c1-25(36)38-39-32-24-26(19-20-31(32)34)12-11-22-35(33(37)29-17-9-4-10-18-29)23-21-30(27-13-5-2-6-14-27)28-15-7-3-8-16-28/h2-10,13-20,24,30H,11-12,21-23H2,1H3. The average molecular weight is 526 g/mol. The lowest BCUT2D eigenvalue weighted by Gasteiger charge is -2.26. The van der Waals surface area contributed by atoms with Crippen molar-refractivity contribution in [3.8, 4) is 5.75 Å². The Labute approximate surface area is 228 Å². The molecule has 0 heterocycles. The first-order valence-corrected chi connectivity index (χ1v) is 13.1. The van der Waals surface area contributed by atoms with Gasteiger partial charge in [0.25, 0.3) is 5.91 Å². The van der Waals surface area contributed by atoms with Gasteiger partial charge in [-0.15, -0.1) is 0 Å². The lowest BCUT2D eigenvalue weighted by atomic mass is 9.88. The molecule has 0 aromatic heterocycles. The number of hydrogen-bond donors (Lipinski definition) is 0. The molecule has 4 aromatic carbocycles. The normalized spacial score (nSPS) is 10.7. The first kappa shape index (κ1) is 27.6. The first-order valence-electron chi connectivity index (χ1n) is 13.1. The number of halogens is 1. The highest BCUT2D eigenvalue weighted by molar-refractivity contribution is 5.94. The van der Waals surface area contributed by atoms with Crippen LogP contribution in [0, 0.1) is 5.82 Å². The lowest BCUT2D eigenvalue weighted by Crippen LogP contribution is -2.34. The molecule has 0 spiro atoms. The van der Waals surface area contributed by atoms with Crippen molar-refractivity contribution in [2.45, 2.75) is 32.1 Å². The highest BCUT2D eigenvalue weighted by Crippen LogP contribution is 2.28. The SMILES string of the molecule is CC(=O)OOc1cc(CCCN(CCC(c2ccccc2)c2ccccc2)C(=O)c2ccccc2)ccc1F. The Morgan fingerprint density at radius 1 is 0.795 bits per heavy atom. The van der Waals surface area contributed by atoms with Gasteiger partial charge in [0.05, 0.1) is 0 Å². The Morgan fingerprint density at radius 2 is 1.38 bits per heavy atom. The van der Waals surface area contributed by atoms with Crippen molar-refractivity contribution < 1.29 is 23.8 Å². The molecular weight excluding hydrogens is 493 g/mol. The van der Waals surface area contributed by atoms with Gasteiger partial charge in [0.1, 0.15) is 0 Å². The fourth-order valence-electron chi connectivity index (χ4n) is 4.60. The second-order valence-corrected chi connectivity index (χ2v) is 9.35. The van der Waals surface area contributed by atoms with Crippen molar-refractivity contribution in [1.29, 1.82) is 0 Å². The number of nitrogens with zero attached hydrogens (tertiary/aromatic N) is 1. The van der Waals surface area contributed by atoms with Gasteiger partial charge in [0, 0.05) is 31.5 Å². The molecule has 0 fully saturated rings. The van der Waals surface area contributed by atoms with E-state index >= 15 is 0 Å². The molecule has 4 rings (SSSR count). The van der Waals surface area contributed by atoms with E-state index < -0.39 is 11.8 Å². The largest absolute Gasteiger partial charge is 0.352 e. The number of benzene rings is 4. The predicted molar refractivity (Wildman–Crippen MR) is 149 cm³/mol. The molecule has 0 atom stereocenters. The third-order valence-corrected chi connectivity index (χ3v) is 6.54. The number of carbonyl (C=O) groups excluding carboxylic acids is 2. The highest BCUT2D eigenvalue weighted by atomic mass is 19.1. The Morgan fingerprint density at radius 3 is 1.97 bits per heavy atom. The van der Waals surface area contributed by atoms with Crippen LogP contribution in [0.4, 0.5) is 4.39 Å². The third-order valence-electron chi connectivity index (χ3n) is 6.54. The van der Waals surface area contributed by atoms with E-state index in [-0.39, 0.29) is 17.6 Å². The van der Waals surface area contributed by atoms with E-state index in [4.69, 9.17) is 4.89 Å². The van der Waals surface area contributed by atoms with Gasteiger partial charge in [0.2, 0.25) is 5.75 Å². The third kappa shape index (κ3) is 8.01. The van der Waals surface area contributed by atoms with Crippen LogP contribution in [-0.2, 0) is 16.1 Å². The van der Waals surface area contributed by atoms with Crippen LogP contribution in [0.1, 0.15) is 52.7 Å². The van der Waals surface area contributed by atoms with Crippen LogP contribution in [-0.4, -0.2) is 29.9 Å². The molecule has 39 heavy (non-hydrogen) atoms. The molecule has 0 aliphatic carbocycles. The van der Waals surface area contributed by atoms with Gasteiger partial charge in [-0.2, -0.15) is 0 Å². The second-order valence-electron chi connectivity index (χ2n) is 9.35. The minimum absolute atomic E-state index is 0.0199. The molecule has 4 aromatic rings. The smallest absolute Gasteiger partial charge is 0.339 e. The van der Waals surface area contributed by atoms with Gasteiger partial charge >= 0.3 is 5.97 Å². The van der Waals surface area contributed by atoms with Crippen LogP contribution in [0.2, 0.25) is 0 Å². The van der Waals surface area contributed by atoms with Crippen LogP contribution < -0.4 is 4.89 Å². The first-order chi connectivity index (χ1) is 19.0. The van der Waals surface area contributed by atoms with E-state index in [0.29, 0.717) is 31.5 Å². The Bertz CT molecular complexity index is 1310. The summed E-state index contributed by atoms with van der Waals surface area (Å²) in [4.78, 5) is 35.8. The van der Waals surface area contributed by atoms with Gasteiger partial charge in [-0.25, -0.2) is 9.18 Å². The second kappa shape index (κ2) is 13.9. The van der Waals surface area contributed by atoms with Gasteiger partial charge in [-0.1, -0.05) is 84.9 Å². The quantitative estimate of drug-likeness (QED) is 0.148. The van der Waals surface area contributed by atoms with Crippen LogP contribution in [0.5, 0.6) is 5.75 Å². The zero-order chi connectivity index (χ0) is 27.5. The summed E-state index contributed by atoms with van der Waals surface area (Å²) in [7, 11) is 0. The minimum Gasteiger partial charge on any atom is -0.339 e. The van der Waals surface area contributed by atoms with Crippen molar-refractivity contribution >= 4 is 11.9 Å². The monoisotopic (exact) mass is 525 g/mol. The fraction of sp³-hybridized carbons (Fsp3) is 0.212. The van der Waals surface area contributed by atoms with Gasteiger partial charge in [0.15, 0.2) is 5.82 Å². The molecule has 0 N–H and O–H groups in total. The topological polar surface area (TPSA) is 55.8 Å². The van der Waals surface area contributed by atoms with Crippen molar-refractivity contribution in [1.82, 2.24) is 4.90 Å². The molecule has 6 heteroatoms.